The zero-order chi connectivity index (χ0) is 16.2. The summed E-state index contributed by atoms with van der Waals surface area (Å²) in [5.41, 5.74) is 2.13. The van der Waals surface area contributed by atoms with E-state index in [1.807, 2.05) is 18.2 Å². The van der Waals surface area contributed by atoms with E-state index >= 15 is 0 Å². The summed E-state index contributed by atoms with van der Waals surface area (Å²) in [5.74, 6) is 0.895. The van der Waals surface area contributed by atoms with Crippen molar-refractivity contribution >= 4 is 33.2 Å². The molecule has 4 rings (SSSR count). The van der Waals surface area contributed by atoms with Crippen molar-refractivity contribution in [1.82, 2.24) is 15.0 Å². The van der Waals surface area contributed by atoms with Gasteiger partial charge in [-0.15, -0.1) is 11.3 Å². The van der Waals surface area contributed by atoms with Crippen LogP contribution in [-0.4, -0.2) is 34.6 Å². The van der Waals surface area contributed by atoms with Crippen LogP contribution >= 0.6 is 11.3 Å². The molecule has 0 unspecified atom stereocenters. The van der Waals surface area contributed by atoms with Gasteiger partial charge in [0.1, 0.15) is 12.1 Å². The molecule has 1 aliphatic heterocycles. The second-order valence-corrected chi connectivity index (χ2v) is 6.92. The van der Waals surface area contributed by atoms with E-state index in [4.69, 9.17) is 4.98 Å². The zero-order valence-electron chi connectivity index (χ0n) is 13.6. The molecule has 0 spiro atoms. The maximum absolute atomic E-state index is 4.80. The monoisotopic (exact) mass is 339 g/mol. The van der Waals surface area contributed by atoms with Crippen molar-refractivity contribution in [2.75, 3.05) is 29.9 Å². The van der Waals surface area contributed by atoms with Crippen LogP contribution in [0.15, 0.2) is 36.0 Å². The molecule has 1 aliphatic rings. The van der Waals surface area contributed by atoms with Crippen LogP contribution in [0.5, 0.6) is 0 Å². The Labute approximate surface area is 145 Å². The molecule has 3 aromatic rings. The molecule has 1 fully saturated rings. The summed E-state index contributed by atoms with van der Waals surface area (Å²) in [6.45, 7) is 3.13. The molecule has 2 aromatic heterocycles. The number of para-hydroxylation sites is 1. The van der Waals surface area contributed by atoms with Crippen LogP contribution in [0, 0.1) is 0 Å². The zero-order valence-corrected chi connectivity index (χ0v) is 14.4. The third kappa shape index (κ3) is 3.33. The number of benzene rings is 1. The average Bonchev–Trinajstić information content (AvgIpc) is 3.12. The summed E-state index contributed by atoms with van der Waals surface area (Å²) >= 11 is 1.77. The van der Waals surface area contributed by atoms with Crippen LogP contribution in [0.25, 0.3) is 10.9 Å². The Kier molecular flexibility index (Phi) is 4.55. The van der Waals surface area contributed by atoms with Crippen molar-refractivity contribution < 1.29 is 0 Å². The highest BCUT2D eigenvalue weighted by Gasteiger charge is 2.14. The van der Waals surface area contributed by atoms with E-state index in [1.54, 1.807) is 17.7 Å². The first kappa shape index (κ1) is 15.3. The minimum absolute atomic E-state index is 0.824. The van der Waals surface area contributed by atoms with Crippen molar-refractivity contribution in [2.45, 2.75) is 25.7 Å². The molecular weight excluding hydrogens is 318 g/mol. The maximum atomic E-state index is 4.80. The first-order valence-electron chi connectivity index (χ1n) is 8.53. The minimum atomic E-state index is 0.824. The highest BCUT2D eigenvalue weighted by Crippen LogP contribution is 2.24. The smallest absolute Gasteiger partial charge is 0.185 e. The van der Waals surface area contributed by atoms with Gasteiger partial charge >= 0.3 is 0 Å². The van der Waals surface area contributed by atoms with E-state index in [9.17, 15) is 0 Å². The van der Waals surface area contributed by atoms with Gasteiger partial charge in [-0.05, 0) is 31.4 Å². The largest absolute Gasteiger partial charge is 0.369 e. The van der Waals surface area contributed by atoms with Gasteiger partial charge in [-0.2, -0.15) is 0 Å². The lowest BCUT2D eigenvalue weighted by molar-refractivity contribution is 0.576. The summed E-state index contributed by atoms with van der Waals surface area (Å²) < 4.78 is 0. The van der Waals surface area contributed by atoms with Gasteiger partial charge in [-0.3, -0.25) is 0 Å². The molecule has 1 N–H and O–H groups in total. The molecule has 0 bridgehead atoms. The van der Waals surface area contributed by atoms with Crippen molar-refractivity contribution in [1.29, 1.82) is 0 Å². The van der Waals surface area contributed by atoms with E-state index in [0.717, 1.165) is 48.5 Å². The fourth-order valence-electron chi connectivity index (χ4n) is 3.10. The number of hydrogen-bond acceptors (Lipinski definition) is 6. The molecular formula is C18H21N5S. The van der Waals surface area contributed by atoms with Crippen molar-refractivity contribution in [2.24, 2.45) is 0 Å². The van der Waals surface area contributed by atoms with Crippen molar-refractivity contribution in [3.05, 3.63) is 41.7 Å². The van der Waals surface area contributed by atoms with Crippen LogP contribution in [-0.2, 0) is 6.42 Å². The summed E-state index contributed by atoms with van der Waals surface area (Å²) in [6.07, 6.45) is 6.45. The normalized spacial score (nSPS) is 14.9. The number of thiazole rings is 1. The summed E-state index contributed by atoms with van der Waals surface area (Å²) in [4.78, 5) is 15.9. The van der Waals surface area contributed by atoms with Gasteiger partial charge in [0.2, 0.25) is 0 Å². The third-order valence-corrected chi connectivity index (χ3v) is 5.33. The number of aromatic nitrogens is 3. The Morgan fingerprint density at radius 3 is 2.88 bits per heavy atom. The van der Waals surface area contributed by atoms with E-state index in [2.05, 4.69) is 31.6 Å². The van der Waals surface area contributed by atoms with Gasteiger partial charge in [-0.25, -0.2) is 15.0 Å². The van der Waals surface area contributed by atoms with Crippen LogP contribution in [0.3, 0.4) is 0 Å². The van der Waals surface area contributed by atoms with E-state index < -0.39 is 0 Å². The van der Waals surface area contributed by atoms with E-state index in [-0.39, 0.29) is 0 Å². The summed E-state index contributed by atoms with van der Waals surface area (Å²) in [5, 5.41) is 7.85. The standard InChI is InChI=1S/C18H21N5S/c1-4-10-23(11-5-1)18-22-14(12-24-18)8-9-19-17-15-6-2-3-7-16(15)20-13-21-17/h2-3,6-7,12-13H,1,4-5,8-11H2,(H,19,20,21). The maximum Gasteiger partial charge on any atom is 0.185 e. The van der Waals surface area contributed by atoms with Crippen molar-refractivity contribution in [3.63, 3.8) is 0 Å². The Morgan fingerprint density at radius 2 is 1.96 bits per heavy atom. The highest BCUT2D eigenvalue weighted by molar-refractivity contribution is 7.13. The minimum Gasteiger partial charge on any atom is -0.369 e. The third-order valence-electron chi connectivity index (χ3n) is 4.38. The second kappa shape index (κ2) is 7.13. The predicted octanol–water partition coefficient (Wildman–Crippen LogP) is 3.73. The molecule has 0 aliphatic carbocycles. The molecule has 0 radical (unpaired) electrons. The fourth-order valence-corrected chi connectivity index (χ4v) is 4.01. The SMILES string of the molecule is c1ccc2c(NCCc3csc(N4CCCCC4)n3)ncnc2c1. The van der Waals surface area contributed by atoms with Crippen LogP contribution < -0.4 is 10.2 Å². The molecule has 1 aromatic carbocycles. The number of anilines is 2. The van der Waals surface area contributed by atoms with Crippen LogP contribution in [0.4, 0.5) is 10.9 Å². The number of nitrogens with one attached hydrogen (secondary N) is 1. The molecule has 0 saturated carbocycles. The average molecular weight is 339 g/mol. The quantitative estimate of drug-likeness (QED) is 0.767. The highest BCUT2D eigenvalue weighted by atomic mass is 32.1. The van der Waals surface area contributed by atoms with E-state index in [1.165, 1.54) is 24.4 Å². The fraction of sp³-hybridized carbons (Fsp3) is 0.389. The number of piperidine rings is 1. The van der Waals surface area contributed by atoms with Crippen LogP contribution in [0.2, 0.25) is 0 Å². The van der Waals surface area contributed by atoms with Gasteiger partial charge in [0, 0.05) is 36.8 Å². The Morgan fingerprint density at radius 1 is 1.08 bits per heavy atom. The lowest BCUT2D eigenvalue weighted by atomic mass is 10.1. The number of hydrogen-bond donors (Lipinski definition) is 1. The van der Waals surface area contributed by atoms with Gasteiger partial charge < -0.3 is 10.2 Å². The molecule has 0 atom stereocenters. The lowest BCUT2D eigenvalue weighted by Crippen LogP contribution is -2.29. The lowest BCUT2D eigenvalue weighted by Gasteiger charge is -2.25. The molecule has 1 saturated heterocycles. The van der Waals surface area contributed by atoms with Gasteiger partial charge in [0.05, 0.1) is 11.2 Å². The number of nitrogens with zero attached hydrogens (tertiary/aromatic N) is 4. The second-order valence-electron chi connectivity index (χ2n) is 6.09. The molecule has 0 amide bonds. The summed E-state index contributed by atoms with van der Waals surface area (Å²) in [6, 6.07) is 8.07. The first-order chi connectivity index (χ1) is 11.9. The predicted molar refractivity (Wildman–Crippen MR) is 99.9 cm³/mol. The van der Waals surface area contributed by atoms with Gasteiger partial charge in [0.25, 0.3) is 0 Å². The van der Waals surface area contributed by atoms with Gasteiger partial charge in [0.15, 0.2) is 5.13 Å². The molecule has 124 valence electrons. The van der Waals surface area contributed by atoms with E-state index in [0.29, 0.717) is 0 Å². The van der Waals surface area contributed by atoms with Gasteiger partial charge in [-0.1, -0.05) is 12.1 Å². The molecule has 6 heteroatoms. The first-order valence-corrected chi connectivity index (χ1v) is 9.41. The molecule has 24 heavy (non-hydrogen) atoms. The topological polar surface area (TPSA) is 53.9 Å². The number of rotatable bonds is 5. The Bertz CT molecular complexity index is 805. The molecule has 5 nitrogen and oxygen atoms in total. The molecule has 3 heterocycles. The Hall–Kier alpha value is -2.21. The summed E-state index contributed by atoms with van der Waals surface area (Å²) in [7, 11) is 0. The Balaban J connectivity index is 1.38. The van der Waals surface area contributed by atoms with Crippen LogP contribution in [0.1, 0.15) is 25.0 Å². The van der Waals surface area contributed by atoms with Crippen molar-refractivity contribution in [3.8, 4) is 0 Å². The number of fused-ring (bicyclic) bond motifs is 1.